The number of halogens is 1. The molecule has 48 heavy (non-hydrogen) atoms. The summed E-state index contributed by atoms with van der Waals surface area (Å²) in [4.78, 5) is 43.3. The number of aromatic nitrogens is 2. The summed E-state index contributed by atoms with van der Waals surface area (Å²) in [5.74, 6) is -1.39. The molecule has 0 radical (unpaired) electrons. The Morgan fingerprint density at radius 1 is 0.979 bits per heavy atom. The molecule has 1 aromatic heterocycles. The Morgan fingerprint density at radius 3 is 2.46 bits per heavy atom. The van der Waals surface area contributed by atoms with Gasteiger partial charge in [0.2, 0.25) is 5.91 Å². The average molecular weight is 663 g/mol. The molecule has 10 heteroatoms. The largest absolute Gasteiger partial charge is 0.395 e. The van der Waals surface area contributed by atoms with Crippen molar-refractivity contribution in [3.63, 3.8) is 0 Å². The second-order valence-electron chi connectivity index (χ2n) is 11.9. The number of anilines is 1. The molecule has 6 rings (SSSR count). The van der Waals surface area contributed by atoms with Crippen LogP contribution in [-0.4, -0.2) is 49.9 Å². The molecule has 0 saturated carbocycles. The average Bonchev–Trinajstić information content (AvgIpc) is 3.31. The Labute approximate surface area is 282 Å². The number of fused-ring (bicyclic) bond motifs is 2. The quantitative estimate of drug-likeness (QED) is 0.184. The van der Waals surface area contributed by atoms with Crippen LogP contribution in [-0.2, 0) is 28.3 Å². The van der Waals surface area contributed by atoms with Crippen LogP contribution < -0.4 is 10.5 Å². The second kappa shape index (κ2) is 13.9. The van der Waals surface area contributed by atoms with E-state index in [1.807, 2.05) is 60.7 Å². The highest BCUT2D eigenvalue weighted by Crippen LogP contribution is 2.46. The molecule has 0 unspecified atom stereocenters. The molecular formula is C38H35ClN4O5. The van der Waals surface area contributed by atoms with Crippen molar-refractivity contribution in [2.45, 2.75) is 32.0 Å². The van der Waals surface area contributed by atoms with Crippen molar-refractivity contribution in [2.24, 2.45) is 5.92 Å². The molecule has 9 nitrogen and oxygen atoms in total. The maximum atomic E-state index is 14.0. The van der Waals surface area contributed by atoms with Crippen LogP contribution in [0.15, 0.2) is 120 Å². The number of nitrogens with zero attached hydrogens (tertiary/aromatic N) is 4. The zero-order chi connectivity index (χ0) is 33.8. The van der Waals surface area contributed by atoms with Crippen LogP contribution in [0.1, 0.15) is 30.0 Å². The smallest absolute Gasteiger partial charge is 0.279 e. The third-order valence-electron chi connectivity index (χ3n) is 8.76. The number of aliphatic hydroxyl groups excluding tert-OH is 1. The van der Waals surface area contributed by atoms with Crippen LogP contribution in [0.25, 0.3) is 16.5 Å². The first-order valence-electron chi connectivity index (χ1n) is 15.7. The fourth-order valence-corrected chi connectivity index (χ4v) is 6.31. The van der Waals surface area contributed by atoms with Gasteiger partial charge in [0.1, 0.15) is 0 Å². The Bertz CT molecular complexity index is 2050. The minimum Gasteiger partial charge on any atom is -0.395 e. The van der Waals surface area contributed by atoms with Gasteiger partial charge in [0.25, 0.3) is 11.5 Å². The lowest BCUT2D eigenvalue weighted by Gasteiger charge is -2.28. The Hall–Kier alpha value is -5.09. The minimum atomic E-state index is -1.92. The van der Waals surface area contributed by atoms with Crippen LogP contribution in [0.4, 0.5) is 5.69 Å². The van der Waals surface area contributed by atoms with Gasteiger partial charge in [-0.05, 0) is 47.5 Å². The van der Waals surface area contributed by atoms with Gasteiger partial charge >= 0.3 is 0 Å². The minimum absolute atomic E-state index is 0.0368. The summed E-state index contributed by atoms with van der Waals surface area (Å²) in [6.07, 6.45) is 5.02. The SMILES string of the molecule is C[C@H](/C=C/CC(=O)N(CCO)Cc1ccccc1)[C@@]1(O)C(=O)N(Cc2ccc(-n3ncc4ccccc4c3=O)cc2)c2ccc(Cl)cc21. The van der Waals surface area contributed by atoms with Crippen molar-refractivity contribution in [1.29, 1.82) is 0 Å². The normalized spacial score (nSPS) is 16.4. The molecule has 1 aliphatic rings. The van der Waals surface area contributed by atoms with Gasteiger partial charge in [0, 0.05) is 41.4 Å². The van der Waals surface area contributed by atoms with Crippen LogP contribution in [0.2, 0.25) is 5.02 Å². The van der Waals surface area contributed by atoms with Crippen LogP contribution >= 0.6 is 11.6 Å². The topological polar surface area (TPSA) is 116 Å². The number of hydrogen-bond acceptors (Lipinski definition) is 6. The van der Waals surface area contributed by atoms with Crippen LogP contribution in [0, 0.1) is 5.92 Å². The zero-order valence-corrected chi connectivity index (χ0v) is 27.1. The van der Waals surface area contributed by atoms with E-state index in [0.29, 0.717) is 33.9 Å². The maximum Gasteiger partial charge on any atom is 0.279 e. The maximum absolute atomic E-state index is 14.0. The van der Waals surface area contributed by atoms with E-state index < -0.39 is 17.4 Å². The van der Waals surface area contributed by atoms with Gasteiger partial charge < -0.3 is 20.0 Å². The zero-order valence-electron chi connectivity index (χ0n) is 26.4. The summed E-state index contributed by atoms with van der Waals surface area (Å²) in [6, 6.07) is 29.0. The summed E-state index contributed by atoms with van der Waals surface area (Å²) in [7, 11) is 0. The van der Waals surface area contributed by atoms with Crippen molar-refractivity contribution < 1.29 is 19.8 Å². The highest BCUT2D eigenvalue weighted by Gasteiger charge is 2.52. The summed E-state index contributed by atoms with van der Waals surface area (Å²) < 4.78 is 1.34. The molecule has 4 aromatic carbocycles. The van der Waals surface area contributed by atoms with E-state index >= 15 is 0 Å². The Morgan fingerprint density at radius 2 is 1.71 bits per heavy atom. The lowest BCUT2D eigenvalue weighted by Crippen LogP contribution is -2.44. The van der Waals surface area contributed by atoms with Gasteiger partial charge in [-0.25, -0.2) is 0 Å². The van der Waals surface area contributed by atoms with Crippen molar-refractivity contribution >= 4 is 39.9 Å². The van der Waals surface area contributed by atoms with Gasteiger partial charge in [-0.2, -0.15) is 9.78 Å². The molecular weight excluding hydrogens is 628 g/mol. The van der Waals surface area contributed by atoms with E-state index in [-0.39, 0.29) is 37.6 Å². The second-order valence-corrected chi connectivity index (χ2v) is 12.3. The number of amides is 2. The van der Waals surface area contributed by atoms with Crippen LogP contribution in [0.3, 0.4) is 0 Å². The molecule has 0 bridgehead atoms. The molecule has 244 valence electrons. The van der Waals surface area contributed by atoms with Gasteiger partial charge in [-0.1, -0.05) is 91.3 Å². The number of hydrogen-bond donors (Lipinski definition) is 2. The van der Waals surface area contributed by atoms with Crippen molar-refractivity contribution in [2.75, 3.05) is 18.1 Å². The summed E-state index contributed by atoms with van der Waals surface area (Å²) in [5, 5.41) is 27.6. The number of rotatable bonds is 11. The van der Waals surface area contributed by atoms with Crippen molar-refractivity contribution in [3.05, 3.63) is 147 Å². The Balaban J connectivity index is 1.20. The molecule has 0 spiro atoms. The van der Waals surface area contributed by atoms with E-state index in [2.05, 4.69) is 5.10 Å². The van der Waals surface area contributed by atoms with Crippen LogP contribution in [0.5, 0.6) is 0 Å². The Kier molecular flexibility index (Phi) is 9.54. The van der Waals surface area contributed by atoms with Gasteiger partial charge in [0.05, 0.1) is 36.1 Å². The molecule has 2 heterocycles. The molecule has 0 aliphatic carbocycles. The van der Waals surface area contributed by atoms with E-state index in [1.165, 1.54) is 9.58 Å². The molecule has 5 aromatic rings. The lowest BCUT2D eigenvalue weighted by atomic mass is 9.83. The fourth-order valence-electron chi connectivity index (χ4n) is 6.13. The monoisotopic (exact) mass is 662 g/mol. The summed E-state index contributed by atoms with van der Waals surface area (Å²) >= 11 is 6.35. The molecule has 0 saturated heterocycles. The van der Waals surface area contributed by atoms with E-state index in [4.69, 9.17) is 11.6 Å². The predicted molar refractivity (Wildman–Crippen MR) is 186 cm³/mol. The fraction of sp³-hybridized carbons (Fsp3) is 0.211. The van der Waals surface area contributed by atoms with E-state index in [1.54, 1.807) is 66.6 Å². The standard InChI is InChI=1S/C38H35ClN4O5/c1-26(8-7-13-35(45)41(20-21-44)24-27-9-3-2-4-10-27)38(48)33-22-30(39)16-19-34(33)42(37(38)47)25-28-14-17-31(18-15-28)43-36(46)32-12-6-5-11-29(32)23-40-43/h2-12,14-19,22-23,26,44,48H,13,20-21,24-25H2,1H3/b8-7+/t26-,38+/m1/s1. The molecule has 2 amide bonds. The van der Waals surface area contributed by atoms with E-state index in [9.17, 15) is 24.6 Å². The number of carbonyl (C=O) groups excluding carboxylic acids is 2. The van der Waals surface area contributed by atoms with Gasteiger partial charge in [-0.3, -0.25) is 14.4 Å². The highest BCUT2D eigenvalue weighted by molar-refractivity contribution is 6.31. The highest BCUT2D eigenvalue weighted by atomic mass is 35.5. The lowest BCUT2D eigenvalue weighted by molar-refractivity contribution is -0.139. The van der Waals surface area contributed by atoms with E-state index in [0.717, 1.165) is 16.5 Å². The summed E-state index contributed by atoms with van der Waals surface area (Å²) in [6.45, 7) is 2.29. The number of benzene rings is 4. The van der Waals surface area contributed by atoms with Gasteiger partial charge in [-0.15, -0.1) is 0 Å². The van der Waals surface area contributed by atoms with Crippen molar-refractivity contribution in [3.8, 4) is 5.69 Å². The number of aliphatic hydroxyl groups is 2. The predicted octanol–water partition coefficient (Wildman–Crippen LogP) is 5.38. The molecule has 2 N–H and O–H groups in total. The molecule has 2 atom stereocenters. The third kappa shape index (κ3) is 6.40. The van der Waals surface area contributed by atoms with Crippen molar-refractivity contribution in [1.82, 2.24) is 14.7 Å². The first-order chi connectivity index (χ1) is 23.2. The number of carbonyl (C=O) groups is 2. The first kappa shape index (κ1) is 32.8. The summed E-state index contributed by atoms with van der Waals surface area (Å²) in [5.41, 5.74) is 1.09. The first-order valence-corrected chi connectivity index (χ1v) is 16.1. The van der Waals surface area contributed by atoms with Gasteiger partial charge in [0.15, 0.2) is 5.60 Å². The molecule has 1 aliphatic heterocycles. The third-order valence-corrected chi connectivity index (χ3v) is 9.00. The molecule has 0 fully saturated rings.